The molecule has 1 aliphatic heterocycles. The number of nitrogens with zero attached hydrogens (tertiary/aromatic N) is 1. The van der Waals surface area contributed by atoms with Crippen LogP contribution >= 0.6 is 0 Å². The molecule has 1 heterocycles. The average Bonchev–Trinajstić information content (AvgIpc) is 3.06. The minimum Gasteiger partial charge on any atom is -0.207 e. The van der Waals surface area contributed by atoms with Crippen molar-refractivity contribution in [2.45, 2.75) is 49.5 Å². The number of rotatable bonds is 3. The minimum absolute atomic E-state index is 0.399. The summed E-state index contributed by atoms with van der Waals surface area (Å²) in [4.78, 5) is 0.406. The third-order valence-corrected chi connectivity index (χ3v) is 7.76. The van der Waals surface area contributed by atoms with Crippen molar-refractivity contribution in [2.75, 3.05) is 6.54 Å². The van der Waals surface area contributed by atoms with Gasteiger partial charge in [0.15, 0.2) is 0 Å². The normalized spacial score (nSPS) is 24.0. The Morgan fingerprint density at radius 2 is 1.65 bits per heavy atom. The maximum Gasteiger partial charge on any atom is 0.243 e. The van der Waals surface area contributed by atoms with E-state index in [-0.39, 0.29) is 0 Å². The lowest BCUT2D eigenvalue weighted by atomic mass is 9.80. The van der Waals surface area contributed by atoms with Gasteiger partial charge in [-0.15, -0.1) is 0 Å². The van der Waals surface area contributed by atoms with Crippen molar-refractivity contribution in [3.05, 3.63) is 71.8 Å². The molecule has 1 atom stereocenters. The summed E-state index contributed by atoms with van der Waals surface area (Å²) < 4.78 is 28.9. The van der Waals surface area contributed by atoms with Crippen LogP contribution in [-0.4, -0.2) is 24.8 Å². The highest BCUT2D eigenvalue weighted by Crippen LogP contribution is 2.49. The monoisotopic (exact) mass is 367 g/mol. The van der Waals surface area contributed by atoms with Crippen LogP contribution in [0, 0.1) is 6.92 Å². The van der Waals surface area contributed by atoms with Crippen LogP contribution in [0.2, 0.25) is 0 Å². The second-order valence-electron chi connectivity index (χ2n) is 7.40. The Morgan fingerprint density at radius 1 is 0.923 bits per heavy atom. The van der Waals surface area contributed by atoms with Gasteiger partial charge in [0.25, 0.3) is 0 Å². The third kappa shape index (κ3) is 2.81. The molecule has 1 spiro atoms. The average molecular weight is 368 g/mol. The van der Waals surface area contributed by atoms with Crippen molar-refractivity contribution in [3.63, 3.8) is 0 Å². The second-order valence-corrected chi connectivity index (χ2v) is 9.26. The van der Waals surface area contributed by atoms with Gasteiger partial charge in [-0.1, -0.05) is 54.1 Å². The Balaban J connectivity index is 1.80. The zero-order valence-electron chi connectivity index (χ0n) is 15.2. The Bertz CT molecular complexity index is 916. The quantitative estimate of drug-likeness (QED) is 0.782. The topological polar surface area (TPSA) is 37.4 Å². The summed E-state index contributed by atoms with van der Waals surface area (Å²) in [5, 5.41) is 0. The Labute approximate surface area is 156 Å². The van der Waals surface area contributed by atoms with Crippen LogP contribution in [0.3, 0.4) is 0 Å². The van der Waals surface area contributed by atoms with Gasteiger partial charge in [-0.3, -0.25) is 0 Å². The summed E-state index contributed by atoms with van der Waals surface area (Å²) in [7, 11) is -3.52. The predicted molar refractivity (Wildman–Crippen MR) is 105 cm³/mol. The number of aryl methyl sites for hydroxylation is 1. The van der Waals surface area contributed by atoms with Crippen LogP contribution in [0.25, 0.3) is 5.57 Å². The molecular formula is C22H25NO2S. The van der Waals surface area contributed by atoms with Gasteiger partial charge in [-0.25, -0.2) is 8.42 Å². The van der Waals surface area contributed by atoms with E-state index in [4.69, 9.17) is 0 Å². The van der Waals surface area contributed by atoms with Crippen molar-refractivity contribution in [2.24, 2.45) is 0 Å². The Morgan fingerprint density at radius 3 is 2.38 bits per heavy atom. The first-order valence-electron chi connectivity index (χ1n) is 9.40. The van der Waals surface area contributed by atoms with Crippen LogP contribution in [0.15, 0.2) is 65.6 Å². The van der Waals surface area contributed by atoms with Gasteiger partial charge in [0.05, 0.1) is 10.4 Å². The number of allylic oxidation sites excluding steroid dienone is 1. The highest BCUT2D eigenvalue weighted by atomic mass is 32.2. The lowest BCUT2D eigenvalue weighted by Gasteiger charge is -2.46. The van der Waals surface area contributed by atoms with Gasteiger partial charge >= 0.3 is 0 Å². The Hall–Kier alpha value is -1.91. The first kappa shape index (κ1) is 17.5. The van der Waals surface area contributed by atoms with E-state index < -0.39 is 15.6 Å². The molecule has 2 aliphatic rings. The molecule has 1 saturated heterocycles. The van der Waals surface area contributed by atoms with E-state index >= 15 is 0 Å². The molecular weight excluding hydrogens is 342 g/mol. The summed E-state index contributed by atoms with van der Waals surface area (Å²) in [6, 6.07) is 17.5. The molecule has 2 aromatic rings. The number of benzene rings is 2. The molecule has 1 unspecified atom stereocenters. The third-order valence-electron chi connectivity index (χ3n) is 5.78. The largest absolute Gasteiger partial charge is 0.243 e. The van der Waals surface area contributed by atoms with Crippen LogP contribution in [-0.2, 0) is 10.0 Å². The molecule has 1 fully saturated rings. The fourth-order valence-corrected chi connectivity index (χ4v) is 6.35. The van der Waals surface area contributed by atoms with Gasteiger partial charge in [0, 0.05) is 6.54 Å². The van der Waals surface area contributed by atoms with Crippen LogP contribution in [0.5, 0.6) is 0 Å². The molecule has 4 heteroatoms. The first-order chi connectivity index (χ1) is 12.5. The zero-order valence-corrected chi connectivity index (χ0v) is 16.0. The highest BCUT2D eigenvalue weighted by Gasteiger charge is 2.49. The molecule has 4 rings (SSSR count). The van der Waals surface area contributed by atoms with E-state index in [1.165, 1.54) is 5.57 Å². The fourth-order valence-electron chi connectivity index (χ4n) is 4.50. The lowest BCUT2D eigenvalue weighted by Crippen LogP contribution is -2.53. The molecule has 3 nitrogen and oxygen atoms in total. The molecule has 0 radical (unpaired) electrons. The summed E-state index contributed by atoms with van der Waals surface area (Å²) in [5.41, 5.74) is 3.01. The van der Waals surface area contributed by atoms with Crippen LogP contribution < -0.4 is 0 Å². The molecule has 0 N–H and O–H groups in total. The standard InChI is InChI=1S/C22H25NO2S/c1-18-11-13-20(14-12-18)26(24,25)23-17-6-5-15-22(23)16-7-10-21(22)19-8-3-2-4-9-19/h2-4,8-14H,5-7,15-17H2,1H3. The maximum absolute atomic E-state index is 13.5. The maximum atomic E-state index is 13.5. The van der Waals surface area contributed by atoms with Crippen LogP contribution in [0.4, 0.5) is 0 Å². The Kier molecular flexibility index (Phi) is 4.49. The number of piperidine rings is 1. The molecule has 0 amide bonds. The van der Waals surface area contributed by atoms with E-state index in [9.17, 15) is 8.42 Å². The van der Waals surface area contributed by atoms with Crippen molar-refractivity contribution >= 4 is 15.6 Å². The summed E-state index contributed by atoms with van der Waals surface area (Å²) in [6.45, 7) is 2.58. The molecule has 26 heavy (non-hydrogen) atoms. The minimum atomic E-state index is -3.52. The molecule has 0 saturated carbocycles. The van der Waals surface area contributed by atoms with E-state index in [0.717, 1.165) is 43.2 Å². The molecule has 2 aromatic carbocycles. The molecule has 0 aromatic heterocycles. The van der Waals surface area contributed by atoms with Gasteiger partial charge < -0.3 is 0 Å². The van der Waals surface area contributed by atoms with Crippen molar-refractivity contribution < 1.29 is 8.42 Å². The smallest absolute Gasteiger partial charge is 0.207 e. The van der Waals surface area contributed by atoms with Crippen LogP contribution in [0.1, 0.15) is 43.2 Å². The zero-order chi connectivity index (χ0) is 18.2. The van der Waals surface area contributed by atoms with Gasteiger partial charge in [0.2, 0.25) is 10.0 Å². The number of hydrogen-bond acceptors (Lipinski definition) is 2. The SMILES string of the molecule is Cc1ccc(S(=O)(=O)N2CCCCC23CCC=C3c2ccccc2)cc1. The summed E-state index contributed by atoms with van der Waals surface area (Å²) in [6.07, 6.45) is 6.96. The van der Waals surface area contributed by atoms with E-state index in [2.05, 4.69) is 18.2 Å². The molecule has 1 aliphatic carbocycles. The van der Waals surface area contributed by atoms with E-state index in [1.54, 1.807) is 16.4 Å². The van der Waals surface area contributed by atoms with Crippen molar-refractivity contribution in [1.82, 2.24) is 4.31 Å². The summed E-state index contributed by atoms with van der Waals surface area (Å²) in [5.74, 6) is 0. The fraction of sp³-hybridized carbons (Fsp3) is 0.364. The second kappa shape index (κ2) is 6.67. The number of sulfonamides is 1. The van der Waals surface area contributed by atoms with E-state index in [1.807, 2.05) is 37.3 Å². The summed E-state index contributed by atoms with van der Waals surface area (Å²) >= 11 is 0. The van der Waals surface area contributed by atoms with Gasteiger partial charge in [-0.2, -0.15) is 4.31 Å². The highest BCUT2D eigenvalue weighted by molar-refractivity contribution is 7.89. The first-order valence-corrected chi connectivity index (χ1v) is 10.8. The molecule has 136 valence electrons. The van der Waals surface area contributed by atoms with Gasteiger partial charge in [-0.05, 0) is 62.3 Å². The predicted octanol–water partition coefficient (Wildman–Crippen LogP) is 4.79. The number of hydrogen-bond donors (Lipinski definition) is 0. The van der Waals surface area contributed by atoms with Crippen molar-refractivity contribution in [1.29, 1.82) is 0 Å². The van der Waals surface area contributed by atoms with Gasteiger partial charge in [0.1, 0.15) is 0 Å². The van der Waals surface area contributed by atoms with E-state index in [0.29, 0.717) is 11.4 Å². The van der Waals surface area contributed by atoms with Crippen molar-refractivity contribution in [3.8, 4) is 0 Å². The molecule has 0 bridgehead atoms. The lowest BCUT2D eigenvalue weighted by molar-refractivity contribution is 0.186.